The van der Waals surface area contributed by atoms with Crippen LogP contribution in [-0.4, -0.2) is 50.4 Å². The average Bonchev–Trinajstić information content (AvgIpc) is 3.05. The maximum atomic E-state index is 11.6. The Morgan fingerprint density at radius 2 is 1.83 bits per heavy atom. The molecular weight excluding hydrogens is 384 g/mol. The Labute approximate surface area is 173 Å². The van der Waals surface area contributed by atoms with Crippen LogP contribution in [0.5, 0.6) is 0 Å². The number of sulfonamides is 1. The summed E-state index contributed by atoms with van der Waals surface area (Å²) in [5, 5.41) is 10.5. The SMILES string of the molecule is CCC1(c2cccc(NS(C)(=O)=O)c2)[C@@H]2CN(CC(O)Cc3ccccc3)C[C@@H]21. The minimum atomic E-state index is -3.28. The molecule has 5 nitrogen and oxygen atoms in total. The van der Waals surface area contributed by atoms with Gasteiger partial charge in [0, 0.05) is 30.7 Å². The van der Waals surface area contributed by atoms with Gasteiger partial charge < -0.3 is 10.0 Å². The molecule has 4 rings (SSSR count). The summed E-state index contributed by atoms with van der Waals surface area (Å²) in [6.07, 6.45) is 2.56. The molecule has 0 radical (unpaired) electrons. The van der Waals surface area contributed by atoms with Crippen molar-refractivity contribution in [1.29, 1.82) is 0 Å². The van der Waals surface area contributed by atoms with Gasteiger partial charge in [-0.2, -0.15) is 0 Å². The van der Waals surface area contributed by atoms with Crippen LogP contribution >= 0.6 is 0 Å². The van der Waals surface area contributed by atoms with E-state index in [9.17, 15) is 13.5 Å². The molecule has 0 bridgehead atoms. The number of aliphatic hydroxyl groups is 1. The molecule has 1 heterocycles. The first kappa shape index (κ1) is 20.4. The summed E-state index contributed by atoms with van der Waals surface area (Å²) in [6, 6.07) is 18.0. The highest BCUT2D eigenvalue weighted by Crippen LogP contribution is 2.65. The van der Waals surface area contributed by atoms with Crippen molar-refractivity contribution in [2.75, 3.05) is 30.6 Å². The Kier molecular flexibility index (Phi) is 5.44. The van der Waals surface area contributed by atoms with Crippen LogP contribution in [0.2, 0.25) is 0 Å². The van der Waals surface area contributed by atoms with Crippen molar-refractivity contribution < 1.29 is 13.5 Å². The first-order valence-corrected chi connectivity index (χ1v) is 12.2. The molecule has 0 amide bonds. The van der Waals surface area contributed by atoms with E-state index in [0.717, 1.165) is 19.5 Å². The fourth-order valence-corrected chi connectivity index (χ4v) is 6.01. The van der Waals surface area contributed by atoms with Crippen LogP contribution in [0.1, 0.15) is 24.5 Å². The number of hydrogen-bond acceptors (Lipinski definition) is 4. The van der Waals surface area contributed by atoms with Crippen LogP contribution in [0.4, 0.5) is 5.69 Å². The standard InChI is InChI=1S/C23H30N2O3S/c1-3-23(18-10-7-11-19(13-18)24-29(2,27)28)21-15-25(16-22(21)23)14-20(26)12-17-8-5-4-6-9-17/h4-11,13,20-22,24,26H,3,12,14-16H2,1-2H3/t20?,21-,22+,23?. The van der Waals surface area contributed by atoms with Gasteiger partial charge in [-0.15, -0.1) is 0 Å². The number of nitrogens with one attached hydrogen (secondary N) is 1. The summed E-state index contributed by atoms with van der Waals surface area (Å²) in [5.41, 5.74) is 3.17. The van der Waals surface area contributed by atoms with Crippen LogP contribution in [-0.2, 0) is 21.9 Å². The molecule has 29 heavy (non-hydrogen) atoms. The Morgan fingerprint density at radius 3 is 2.45 bits per heavy atom. The normalized spacial score (nSPS) is 27.4. The smallest absolute Gasteiger partial charge is 0.229 e. The second-order valence-electron chi connectivity index (χ2n) is 8.62. The molecule has 0 aromatic heterocycles. The van der Waals surface area contributed by atoms with Crippen molar-refractivity contribution in [3.63, 3.8) is 0 Å². The lowest BCUT2D eigenvalue weighted by atomic mass is 9.87. The van der Waals surface area contributed by atoms with Gasteiger partial charge in [0.25, 0.3) is 0 Å². The highest BCUT2D eigenvalue weighted by Gasteiger charge is 2.67. The second kappa shape index (κ2) is 7.74. The molecule has 156 valence electrons. The van der Waals surface area contributed by atoms with Gasteiger partial charge in [0.15, 0.2) is 0 Å². The molecule has 2 aromatic rings. The Hall–Kier alpha value is -1.89. The number of nitrogens with zero attached hydrogens (tertiary/aromatic N) is 1. The summed E-state index contributed by atoms with van der Waals surface area (Å²) < 4.78 is 25.8. The van der Waals surface area contributed by atoms with Crippen LogP contribution in [0.3, 0.4) is 0 Å². The lowest BCUT2D eigenvalue weighted by Crippen LogP contribution is -2.36. The highest BCUT2D eigenvalue weighted by molar-refractivity contribution is 7.92. The van der Waals surface area contributed by atoms with Crippen molar-refractivity contribution in [2.45, 2.75) is 31.3 Å². The van der Waals surface area contributed by atoms with Crippen molar-refractivity contribution in [3.05, 3.63) is 65.7 Å². The number of anilines is 1. The van der Waals surface area contributed by atoms with Crippen molar-refractivity contribution in [1.82, 2.24) is 4.90 Å². The lowest BCUT2D eigenvalue weighted by Gasteiger charge is -2.28. The van der Waals surface area contributed by atoms with E-state index >= 15 is 0 Å². The average molecular weight is 415 g/mol. The van der Waals surface area contributed by atoms with E-state index in [1.165, 1.54) is 17.4 Å². The van der Waals surface area contributed by atoms with Crippen molar-refractivity contribution in [2.24, 2.45) is 11.8 Å². The maximum absolute atomic E-state index is 11.6. The molecule has 1 saturated carbocycles. The number of hydrogen-bond donors (Lipinski definition) is 2. The van der Waals surface area contributed by atoms with Gasteiger partial charge in [-0.1, -0.05) is 49.4 Å². The molecule has 0 spiro atoms. The third-order valence-electron chi connectivity index (χ3n) is 6.68. The number of likely N-dealkylation sites (tertiary alicyclic amines) is 1. The van der Waals surface area contributed by atoms with E-state index < -0.39 is 10.0 Å². The van der Waals surface area contributed by atoms with Crippen LogP contribution in [0, 0.1) is 11.8 Å². The minimum Gasteiger partial charge on any atom is -0.391 e. The molecular formula is C23H30N2O3S. The van der Waals surface area contributed by atoms with Gasteiger partial charge in [0.1, 0.15) is 0 Å². The molecule has 2 aromatic carbocycles. The highest BCUT2D eigenvalue weighted by atomic mass is 32.2. The number of benzene rings is 2. The second-order valence-corrected chi connectivity index (χ2v) is 10.4. The fraction of sp³-hybridized carbons (Fsp3) is 0.478. The predicted octanol–water partition coefficient (Wildman–Crippen LogP) is 2.87. The number of rotatable bonds is 8. The van der Waals surface area contributed by atoms with Crippen molar-refractivity contribution >= 4 is 15.7 Å². The zero-order valence-corrected chi connectivity index (χ0v) is 17.9. The van der Waals surface area contributed by atoms with E-state index in [-0.39, 0.29) is 11.5 Å². The van der Waals surface area contributed by atoms with E-state index in [2.05, 4.69) is 34.7 Å². The largest absolute Gasteiger partial charge is 0.391 e. The van der Waals surface area contributed by atoms with Gasteiger partial charge in [0.05, 0.1) is 12.4 Å². The lowest BCUT2D eigenvalue weighted by molar-refractivity contribution is 0.114. The molecule has 2 unspecified atom stereocenters. The fourth-order valence-electron chi connectivity index (χ4n) is 5.46. The molecule has 2 aliphatic rings. The molecule has 4 atom stereocenters. The predicted molar refractivity (Wildman–Crippen MR) is 116 cm³/mol. The number of fused-ring (bicyclic) bond motifs is 1. The quantitative estimate of drug-likeness (QED) is 0.697. The van der Waals surface area contributed by atoms with Gasteiger partial charge in [-0.25, -0.2) is 8.42 Å². The maximum Gasteiger partial charge on any atom is 0.229 e. The van der Waals surface area contributed by atoms with E-state index in [4.69, 9.17) is 0 Å². The number of aliphatic hydroxyl groups excluding tert-OH is 1. The monoisotopic (exact) mass is 414 g/mol. The molecule has 1 saturated heterocycles. The third-order valence-corrected chi connectivity index (χ3v) is 7.29. The zero-order valence-electron chi connectivity index (χ0n) is 17.1. The zero-order chi connectivity index (χ0) is 20.6. The van der Waals surface area contributed by atoms with Crippen LogP contribution in [0.25, 0.3) is 0 Å². The van der Waals surface area contributed by atoms with E-state index in [1.54, 1.807) is 6.07 Å². The number of β-amino-alcohol motifs (C(OH)–C–C–N with tert-alkyl or cyclic N) is 1. The van der Waals surface area contributed by atoms with E-state index in [1.807, 2.05) is 30.3 Å². The minimum absolute atomic E-state index is 0.135. The van der Waals surface area contributed by atoms with Gasteiger partial charge >= 0.3 is 0 Å². The molecule has 6 heteroatoms. The first-order chi connectivity index (χ1) is 13.8. The first-order valence-electron chi connectivity index (χ1n) is 10.3. The van der Waals surface area contributed by atoms with Gasteiger partial charge in [-0.05, 0) is 47.9 Å². The summed E-state index contributed by atoms with van der Waals surface area (Å²) in [4.78, 5) is 2.38. The molecule has 2 N–H and O–H groups in total. The van der Waals surface area contributed by atoms with Gasteiger partial charge in [-0.3, -0.25) is 4.72 Å². The molecule has 1 aliphatic heterocycles. The Bertz CT molecular complexity index is 949. The molecule has 2 fully saturated rings. The summed E-state index contributed by atoms with van der Waals surface area (Å²) in [5.74, 6) is 1.15. The van der Waals surface area contributed by atoms with Gasteiger partial charge in [0.2, 0.25) is 10.0 Å². The Balaban J connectivity index is 1.39. The van der Waals surface area contributed by atoms with Crippen LogP contribution < -0.4 is 4.72 Å². The van der Waals surface area contributed by atoms with E-state index in [0.29, 0.717) is 30.5 Å². The van der Waals surface area contributed by atoms with Crippen LogP contribution in [0.15, 0.2) is 54.6 Å². The van der Waals surface area contributed by atoms with Crippen molar-refractivity contribution in [3.8, 4) is 0 Å². The Morgan fingerprint density at radius 1 is 1.14 bits per heavy atom. The third kappa shape index (κ3) is 4.20. The number of piperidine rings is 1. The summed E-state index contributed by atoms with van der Waals surface area (Å²) >= 11 is 0. The topological polar surface area (TPSA) is 69.6 Å². The molecule has 1 aliphatic carbocycles. The summed E-state index contributed by atoms with van der Waals surface area (Å²) in [7, 11) is -3.28. The summed E-state index contributed by atoms with van der Waals surface area (Å²) in [6.45, 7) is 4.92.